The van der Waals surface area contributed by atoms with E-state index in [1.807, 2.05) is 20.8 Å². The molecule has 1 heterocycles. The highest BCUT2D eigenvalue weighted by atomic mass is 16.5. The van der Waals surface area contributed by atoms with Crippen LogP contribution in [0.15, 0.2) is 28.8 Å². The fourth-order valence-electron chi connectivity index (χ4n) is 1.65. The molecule has 0 aliphatic rings. The molecule has 0 N–H and O–H groups in total. The number of hydrogen-bond donors (Lipinski definition) is 0. The molecule has 20 heavy (non-hydrogen) atoms. The summed E-state index contributed by atoms with van der Waals surface area (Å²) >= 11 is 0. The van der Waals surface area contributed by atoms with Gasteiger partial charge in [0.1, 0.15) is 5.75 Å². The second kappa shape index (κ2) is 6.32. The summed E-state index contributed by atoms with van der Waals surface area (Å²) in [6.45, 7) is 6.06. The van der Waals surface area contributed by atoms with Crippen molar-refractivity contribution in [1.82, 2.24) is 10.1 Å². The zero-order valence-electron chi connectivity index (χ0n) is 11.9. The quantitative estimate of drug-likeness (QED) is 0.756. The summed E-state index contributed by atoms with van der Waals surface area (Å²) in [7, 11) is 0. The van der Waals surface area contributed by atoms with Crippen molar-refractivity contribution in [2.45, 2.75) is 39.7 Å². The first-order valence-corrected chi connectivity index (χ1v) is 6.68. The molecule has 0 saturated heterocycles. The summed E-state index contributed by atoms with van der Waals surface area (Å²) in [4.78, 5) is 15.7. The van der Waals surface area contributed by atoms with Gasteiger partial charge >= 0.3 is 0 Å². The zero-order chi connectivity index (χ0) is 14.5. The van der Waals surface area contributed by atoms with Crippen LogP contribution in [0.5, 0.6) is 5.75 Å². The summed E-state index contributed by atoms with van der Waals surface area (Å²) < 4.78 is 10.6. The Balaban J connectivity index is 1.95. The van der Waals surface area contributed by atoms with Crippen molar-refractivity contribution >= 4 is 5.78 Å². The van der Waals surface area contributed by atoms with Crippen molar-refractivity contribution < 1.29 is 14.1 Å². The molecule has 0 unspecified atom stereocenters. The van der Waals surface area contributed by atoms with Gasteiger partial charge in [0.25, 0.3) is 5.89 Å². The van der Waals surface area contributed by atoms with Crippen LogP contribution in [0.25, 0.3) is 0 Å². The summed E-state index contributed by atoms with van der Waals surface area (Å²) in [6, 6.07) is 7.05. The van der Waals surface area contributed by atoms with Gasteiger partial charge in [0.15, 0.2) is 18.2 Å². The molecule has 0 bridgehead atoms. The van der Waals surface area contributed by atoms with E-state index < -0.39 is 0 Å². The first-order chi connectivity index (χ1) is 9.60. The van der Waals surface area contributed by atoms with Crippen molar-refractivity contribution in [2.75, 3.05) is 0 Å². The predicted octanol–water partition coefficient (Wildman–Crippen LogP) is 3.36. The van der Waals surface area contributed by atoms with E-state index in [0.29, 0.717) is 29.4 Å². The van der Waals surface area contributed by atoms with Gasteiger partial charge in [-0.2, -0.15) is 4.98 Å². The lowest BCUT2D eigenvalue weighted by Gasteiger charge is -2.04. The second-order valence-electron chi connectivity index (χ2n) is 4.79. The molecule has 0 aliphatic carbocycles. The molecule has 0 spiro atoms. The van der Waals surface area contributed by atoms with Crippen LogP contribution in [0.2, 0.25) is 0 Å². The van der Waals surface area contributed by atoms with Crippen LogP contribution in [0.1, 0.15) is 55.2 Å². The van der Waals surface area contributed by atoms with Crippen molar-refractivity contribution in [3.05, 3.63) is 41.5 Å². The number of carbonyl (C=O) groups is 1. The van der Waals surface area contributed by atoms with Crippen LogP contribution < -0.4 is 4.74 Å². The monoisotopic (exact) mass is 274 g/mol. The van der Waals surface area contributed by atoms with Crippen LogP contribution in [0.4, 0.5) is 0 Å². The van der Waals surface area contributed by atoms with E-state index in [1.54, 1.807) is 24.3 Å². The molecule has 5 heteroatoms. The Morgan fingerprint density at radius 2 is 2.00 bits per heavy atom. The van der Waals surface area contributed by atoms with Gasteiger partial charge in [-0.1, -0.05) is 25.9 Å². The standard InChI is InChI=1S/C15H18N2O3/c1-4-13(18)11-5-7-12(8-6-11)19-9-14-16-15(10(2)3)17-20-14/h5-8,10H,4,9H2,1-3H3. The first kappa shape index (κ1) is 14.2. The first-order valence-electron chi connectivity index (χ1n) is 6.68. The van der Waals surface area contributed by atoms with Gasteiger partial charge in [-0.3, -0.25) is 4.79 Å². The number of nitrogens with zero attached hydrogens (tertiary/aromatic N) is 2. The Morgan fingerprint density at radius 1 is 1.30 bits per heavy atom. The molecule has 5 nitrogen and oxygen atoms in total. The number of aromatic nitrogens is 2. The minimum atomic E-state index is 0.120. The van der Waals surface area contributed by atoms with Crippen LogP contribution in [0.3, 0.4) is 0 Å². The molecule has 0 atom stereocenters. The molecule has 2 aromatic rings. The van der Waals surface area contributed by atoms with E-state index in [-0.39, 0.29) is 18.3 Å². The van der Waals surface area contributed by atoms with E-state index in [9.17, 15) is 4.79 Å². The van der Waals surface area contributed by atoms with Crippen LogP contribution in [0, 0.1) is 0 Å². The number of ketones is 1. The lowest BCUT2D eigenvalue weighted by molar-refractivity contribution is 0.0988. The maximum absolute atomic E-state index is 11.5. The third-order valence-corrected chi connectivity index (χ3v) is 2.86. The molecule has 1 aromatic heterocycles. The molecule has 106 valence electrons. The highest BCUT2D eigenvalue weighted by Gasteiger charge is 2.10. The van der Waals surface area contributed by atoms with E-state index in [0.717, 1.165) is 0 Å². The van der Waals surface area contributed by atoms with Gasteiger partial charge in [-0.25, -0.2) is 0 Å². The highest BCUT2D eigenvalue weighted by Crippen LogP contribution is 2.16. The number of ether oxygens (including phenoxy) is 1. The van der Waals surface area contributed by atoms with Crippen molar-refractivity contribution in [3.63, 3.8) is 0 Å². The average molecular weight is 274 g/mol. The second-order valence-corrected chi connectivity index (χ2v) is 4.79. The lowest BCUT2D eigenvalue weighted by atomic mass is 10.1. The smallest absolute Gasteiger partial charge is 0.264 e. The third kappa shape index (κ3) is 3.44. The number of hydrogen-bond acceptors (Lipinski definition) is 5. The van der Waals surface area contributed by atoms with Crippen LogP contribution >= 0.6 is 0 Å². The lowest BCUT2D eigenvalue weighted by Crippen LogP contribution is -1.99. The SMILES string of the molecule is CCC(=O)c1ccc(OCc2nc(C(C)C)no2)cc1. The van der Waals surface area contributed by atoms with Gasteiger partial charge in [0.2, 0.25) is 0 Å². The van der Waals surface area contributed by atoms with Gasteiger partial charge in [-0.05, 0) is 24.3 Å². The Kier molecular flexibility index (Phi) is 4.50. The van der Waals surface area contributed by atoms with Gasteiger partial charge in [0.05, 0.1) is 0 Å². The number of Topliss-reactive ketones (excluding diaryl/α,β-unsaturated/α-hetero) is 1. The maximum Gasteiger partial charge on any atom is 0.264 e. The molecule has 0 aliphatic heterocycles. The Bertz CT molecular complexity index is 573. The van der Waals surface area contributed by atoms with Crippen molar-refractivity contribution in [2.24, 2.45) is 0 Å². The minimum Gasteiger partial charge on any atom is -0.484 e. The topological polar surface area (TPSA) is 65.2 Å². The van der Waals surface area contributed by atoms with Gasteiger partial charge < -0.3 is 9.26 Å². The third-order valence-electron chi connectivity index (χ3n) is 2.86. The summed E-state index contributed by atoms with van der Waals surface area (Å²) in [5, 5.41) is 3.87. The van der Waals surface area contributed by atoms with Gasteiger partial charge in [0, 0.05) is 17.9 Å². The summed E-state index contributed by atoms with van der Waals surface area (Å²) in [5.74, 6) is 2.14. The molecule has 2 rings (SSSR count). The van der Waals surface area contributed by atoms with E-state index in [4.69, 9.17) is 9.26 Å². The highest BCUT2D eigenvalue weighted by molar-refractivity contribution is 5.95. The fourth-order valence-corrected chi connectivity index (χ4v) is 1.65. The minimum absolute atomic E-state index is 0.120. The maximum atomic E-state index is 11.5. The number of rotatable bonds is 6. The predicted molar refractivity (Wildman–Crippen MR) is 73.8 cm³/mol. The van der Waals surface area contributed by atoms with Gasteiger partial charge in [-0.15, -0.1) is 0 Å². The van der Waals surface area contributed by atoms with Crippen LogP contribution in [-0.4, -0.2) is 15.9 Å². The van der Waals surface area contributed by atoms with Crippen molar-refractivity contribution in [3.8, 4) is 5.75 Å². The van der Waals surface area contributed by atoms with E-state index >= 15 is 0 Å². The number of carbonyl (C=O) groups excluding carboxylic acids is 1. The fraction of sp³-hybridized carbons (Fsp3) is 0.400. The normalized spacial score (nSPS) is 10.8. The largest absolute Gasteiger partial charge is 0.484 e. The molecule has 0 fully saturated rings. The average Bonchev–Trinajstić information content (AvgIpc) is 2.94. The van der Waals surface area contributed by atoms with E-state index in [1.165, 1.54) is 0 Å². The van der Waals surface area contributed by atoms with E-state index in [2.05, 4.69) is 10.1 Å². The molecular weight excluding hydrogens is 256 g/mol. The van der Waals surface area contributed by atoms with Crippen molar-refractivity contribution in [1.29, 1.82) is 0 Å². The molecular formula is C15H18N2O3. The zero-order valence-corrected chi connectivity index (χ0v) is 11.9. The molecule has 1 aromatic carbocycles. The molecule has 0 saturated carbocycles. The Morgan fingerprint density at radius 3 is 2.55 bits per heavy atom. The Hall–Kier alpha value is -2.17. The summed E-state index contributed by atoms with van der Waals surface area (Å²) in [5.41, 5.74) is 0.694. The number of benzene rings is 1. The molecule has 0 radical (unpaired) electrons. The Labute approximate surface area is 118 Å². The van der Waals surface area contributed by atoms with Crippen LogP contribution in [-0.2, 0) is 6.61 Å². The summed E-state index contributed by atoms with van der Waals surface area (Å²) in [6.07, 6.45) is 0.500. The molecule has 0 amide bonds.